The quantitative estimate of drug-likeness (QED) is 0.855. The van der Waals surface area contributed by atoms with E-state index in [2.05, 4.69) is 16.8 Å². The Morgan fingerprint density at radius 3 is 2.35 bits per heavy atom. The molecule has 2 fully saturated rings. The number of nitrogens with zero attached hydrogens (tertiary/aromatic N) is 3. The van der Waals surface area contributed by atoms with E-state index in [0.717, 1.165) is 31.7 Å². The second kappa shape index (κ2) is 7.79. The highest BCUT2D eigenvalue weighted by Gasteiger charge is 2.28. The Morgan fingerprint density at radius 2 is 1.70 bits per heavy atom. The normalized spacial score (nSPS) is 21.3. The lowest BCUT2D eigenvalue weighted by atomic mass is 10.0. The number of carbonyl (C=O) groups is 1. The molecule has 0 atom stereocenters. The van der Waals surface area contributed by atoms with Crippen LogP contribution in [-0.4, -0.2) is 73.2 Å². The predicted molar refractivity (Wildman–Crippen MR) is 90.3 cm³/mol. The fraction of sp³-hybridized carbons (Fsp3) is 0.611. The van der Waals surface area contributed by atoms with Gasteiger partial charge < -0.3 is 14.5 Å². The summed E-state index contributed by atoms with van der Waals surface area (Å²) in [4.78, 5) is 19.0. The first-order valence-corrected chi connectivity index (χ1v) is 8.60. The lowest BCUT2D eigenvalue weighted by Gasteiger charge is -2.41. The van der Waals surface area contributed by atoms with Crippen LogP contribution in [0.1, 0.15) is 18.4 Å². The summed E-state index contributed by atoms with van der Waals surface area (Å²) in [6.45, 7) is 6.21. The van der Waals surface area contributed by atoms with Crippen molar-refractivity contribution in [2.75, 3.05) is 46.3 Å². The number of amides is 1. The average molecular weight is 317 g/mol. The van der Waals surface area contributed by atoms with E-state index in [0.29, 0.717) is 12.6 Å². The van der Waals surface area contributed by atoms with Crippen LogP contribution in [0, 0.1) is 0 Å². The second-order valence-electron chi connectivity index (χ2n) is 6.60. The maximum Gasteiger partial charge on any atom is 0.410 e. The molecule has 1 amide bonds. The van der Waals surface area contributed by atoms with Crippen LogP contribution in [0.15, 0.2) is 30.3 Å². The van der Waals surface area contributed by atoms with E-state index in [1.54, 1.807) is 0 Å². The van der Waals surface area contributed by atoms with Gasteiger partial charge in [-0.15, -0.1) is 0 Å². The zero-order valence-electron chi connectivity index (χ0n) is 14.0. The Kier molecular flexibility index (Phi) is 5.51. The lowest BCUT2D eigenvalue weighted by molar-refractivity contribution is 0.0463. The van der Waals surface area contributed by atoms with E-state index < -0.39 is 0 Å². The van der Waals surface area contributed by atoms with Crippen molar-refractivity contribution in [3.8, 4) is 0 Å². The minimum absolute atomic E-state index is 0.183. The molecule has 0 radical (unpaired) electrons. The van der Waals surface area contributed by atoms with Crippen LogP contribution >= 0.6 is 0 Å². The number of likely N-dealkylation sites (tertiary alicyclic amines) is 1. The molecule has 0 spiro atoms. The number of hydrogen-bond acceptors (Lipinski definition) is 4. The standard InChI is InChI=1S/C18H27N3O2/c1-19-9-7-17(8-10-19)20-11-13-21(14-12-20)18(22)23-15-16-5-3-2-4-6-16/h2-6,17H,7-15H2,1H3. The number of piperazine rings is 1. The highest BCUT2D eigenvalue weighted by Crippen LogP contribution is 2.17. The topological polar surface area (TPSA) is 36.0 Å². The molecule has 0 N–H and O–H groups in total. The zero-order chi connectivity index (χ0) is 16.1. The van der Waals surface area contributed by atoms with Gasteiger partial charge in [0.2, 0.25) is 0 Å². The molecule has 0 aromatic heterocycles. The Bertz CT molecular complexity index is 492. The molecule has 3 rings (SSSR count). The van der Waals surface area contributed by atoms with Crippen molar-refractivity contribution in [1.82, 2.24) is 14.7 Å². The van der Waals surface area contributed by atoms with Crippen LogP contribution in [0.4, 0.5) is 4.79 Å². The first-order chi connectivity index (χ1) is 11.2. The third-order valence-corrected chi connectivity index (χ3v) is 4.98. The summed E-state index contributed by atoms with van der Waals surface area (Å²) in [5.41, 5.74) is 1.03. The van der Waals surface area contributed by atoms with Crippen molar-refractivity contribution >= 4 is 6.09 Å². The van der Waals surface area contributed by atoms with Crippen molar-refractivity contribution in [3.63, 3.8) is 0 Å². The molecule has 1 aromatic carbocycles. The van der Waals surface area contributed by atoms with Gasteiger partial charge in [-0.25, -0.2) is 4.79 Å². The zero-order valence-corrected chi connectivity index (χ0v) is 14.0. The van der Waals surface area contributed by atoms with E-state index in [4.69, 9.17) is 4.74 Å². The first-order valence-electron chi connectivity index (χ1n) is 8.60. The summed E-state index contributed by atoms with van der Waals surface area (Å²) in [5.74, 6) is 0. The number of ether oxygens (including phenoxy) is 1. The summed E-state index contributed by atoms with van der Waals surface area (Å²) in [7, 11) is 2.19. The molecular formula is C18H27N3O2. The van der Waals surface area contributed by atoms with Crippen LogP contribution in [0.5, 0.6) is 0 Å². The monoisotopic (exact) mass is 317 g/mol. The second-order valence-corrected chi connectivity index (χ2v) is 6.60. The number of hydrogen-bond donors (Lipinski definition) is 0. The van der Waals surface area contributed by atoms with Crippen LogP contribution in [0.2, 0.25) is 0 Å². The van der Waals surface area contributed by atoms with Gasteiger partial charge in [-0.05, 0) is 38.5 Å². The van der Waals surface area contributed by atoms with E-state index in [9.17, 15) is 4.79 Å². The van der Waals surface area contributed by atoms with Gasteiger partial charge in [-0.3, -0.25) is 4.90 Å². The number of piperidine rings is 1. The van der Waals surface area contributed by atoms with Crippen molar-refractivity contribution in [3.05, 3.63) is 35.9 Å². The van der Waals surface area contributed by atoms with E-state index >= 15 is 0 Å². The molecule has 2 saturated heterocycles. The molecule has 23 heavy (non-hydrogen) atoms. The van der Waals surface area contributed by atoms with Gasteiger partial charge in [0.1, 0.15) is 6.61 Å². The van der Waals surface area contributed by atoms with E-state index in [-0.39, 0.29) is 6.09 Å². The van der Waals surface area contributed by atoms with Crippen LogP contribution in [0.3, 0.4) is 0 Å². The summed E-state index contributed by atoms with van der Waals surface area (Å²) < 4.78 is 5.42. The van der Waals surface area contributed by atoms with Crippen molar-refractivity contribution in [2.45, 2.75) is 25.5 Å². The van der Waals surface area contributed by atoms with Crippen molar-refractivity contribution < 1.29 is 9.53 Å². The van der Waals surface area contributed by atoms with Gasteiger partial charge in [0.15, 0.2) is 0 Å². The number of benzene rings is 1. The van der Waals surface area contributed by atoms with Gasteiger partial charge in [-0.2, -0.15) is 0 Å². The first kappa shape index (κ1) is 16.3. The molecule has 0 bridgehead atoms. The highest BCUT2D eigenvalue weighted by molar-refractivity contribution is 5.67. The van der Waals surface area contributed by atoms with Crippen LogP contribution < -0.4 is 0 Å². The average Bonchev–Trinajstić information content (AvgIpc) is 2.61. The molecule has 0 saturated carbocycles. The van der Waals surface area contributed by atoms with Gasteiger partial charge in [-0.1, -0.05) is 30.3 Å². The van der Waals surface area contributed by atoms with Crippen molar-refractivity contribution in [2.24, 2.45) is 0 Å². The minimum Gasteiger partial charge on any atom is -0.445 e. The molecule has 0 aliphatic carbocycles. The molecule has 0 unspecified atom stereocenters. The third-order valence-electron chi connectivity index (χ3n) is 4.98. The van der Waals surface area contributed by atoms with E-state index in [1.807, 2.05) is 35.2 Å². The number of carbonyl (C=O) groups excluding carboxylic acids is 1. The maximum atomic E-state index is 12.2. The summed E-state index contributed by atoms with van der Waals surface area (Å²) in [6, 6.07) is 10.5. The van der Waals surface area contributed by atoms with Gasteiger partial charge in [0.25, 0.3) is 0 Å². The molecule has 2 aliphatic rings. The minimum atomic E-state index is -0.183. The Hall–Kier alpha value is -1.59. The van der Waals surface area contributed by atoms with Crippen LogP contribution in [0.25, 0.3) is 0 Å². The van der Waals surface area contributed by atoms with Crippen molar-refractivity contribution in [1.29, 1.82) is 0 Å². The Balaban J connectivity index is 1.40. The maximum absolute atomic E-state index is 12.2. The molecule has 5 heteroatoms. The fourth-order valence-corrected chi connectivity index (χ4v) is 3.44. The Morgan fingerprint density at radius 1 is 1.04 bits per heavy atom. The predicted octanol–water partition coefficient (Wildman–Crippen LogP) is 2.03. The molecule has 126 valence electrons. The highest BCUT2D eigenvalue weighted by atomic mass is 16.6. The third kappa shape index (κ3) is 4.45. The fourth-order valence-electron chi connectivity index (χ4n) is 3.44. The smallest absolute Gasteiger partial charge is 0.410 e. The molecular weight excluding hydrogens is 290 g/mol. The summed E-state index contributed by atoms with van der Waals surface area (Å²) in [6.07, 6.45) is 2.31. The van der Waals surface area contributed by atoms with Crippen LogP contribution in [-0.2, 0) is 11.3 Å². The lowest BCUT2D eigenvalue weighted by Crippen LogP contribution is -2.54. The molecule has 5 nitrogen and oxygen atoms in total. The van der Waals surface area contributed by atoms with Gasteiger partial charge in [0, 0.05) is 32.2 Å². The van der Waals surface area contributed by atoms with E-state index in [1.165, 1.54) is 25.9 Å². The number of rotatable bonds is 3. The largest absolute Gasteiger partial charge is 0.445 e. The van der Waals surface area contributed by atoms with Gasteiger partial charge in [0.05, 0.1) is 0 Å². The summed E-state index contributed by atoms with van der Waals surface area (Å²) >= 11 is 0. The molecule has 2 heterocycles. The molecule has 1 aromatic rings. The SMILES string of the molecule is CN1CCC(N2CCN(C(=O)OCc3ccccc3)CC2)CC1. The summed E-state index contributed by atoms with van der Waals surface area (Å²) in [5, 5.41) is 0. The van der Waals surface area contributed by atoms with Gasteiger partial charge >= 0.3 is 6.09 Å². The molecule has 2 aliphatic heterocycles. The Labute approximate surface area is 138 Å².